The molecule has 1 aromatic heterocycles. The molecule has 3 heterocycles. The van der Waals surface area contributed by atoms with Gasteiger partial charge in [-0.15, -0.1) is 11.3 Å². The minimum absolute atomic E-state index is 0.172. The van der Waals surface area contributed by atoms with Gasteiger partial charge in [0.1, 0.15) is 0 Å². The van der Waals surface area contributed by atoms with Crippen molar-refractivity contribution in [2.24, 2.45) is 0 Å². The Labute approximate surface area is 151 Å². The molecule has 0 saturated carbocycles. The fourth-order valence-electron chi connectivity index (χ4n) is 3.79. The second kappa shape index (κ2) is 6.51. The summed E-state index contributed by atoms with van der Waals surface area (Å²) in [5, 5.41) is 4.36. The molecule has 2 unspecified atom stereocenters. The number of nitrogens with zero attached hydrogens (tertiary/aromatic N) is 1. The number of likely N-dealkylation sites (tertiary alicyclic amines) is 1. The summed E-state index contributed by atoms with van der Waals surface area (Å²) in [6.07, 6.45) is 3.50. The van der Waals surface area contributed by atoms with Gasteiger partial charge < -0.3 is 10.2 Å². The van der Waals surface area contributed by atoms with Gasteiger partial charge >= 0.3 is 0 Å². The molecule has 2 aliphatic heterocycles. The molecule has 0 radical (unpaired) electrons. The highest BCUT2D eigenvalue weighted by atomic mass is 35.5. The molecule has 3 nitrogen and oxygen atoms in total. The first-order valence-corrected chi connectivity index (χ1v) is 9.71. The summed E-state index contributed by atoms with van der Waals surface area (Å²) < 4.78 is 0. The Morgan fingerprint density at radius 3 is 2.92 bits per heavy atom. The molecular formula is C19H21ClN2OS. The number of hydrogen-bond donors (Lipinski definition) is 1. The van der Waals surface area contributed by atoms with Crippen LogP contribution in [-0.2, 0) is 0 Å². The second-order valence-corrected chi connectivity index (χ2v) is 8.30. The van der Waals surface area contributed by atoms with Crippen molar-refractivity contribution in [1.82, 2.24) is 10.2 Å². The SMILES string of the molecule is Cc1cc(C(=O)N2CCC3CCC(C2)N3)sc1-c1cccc(Cl)c1. The van der Waals surface area contributed by atoms with Gasteiger partial charge in [-0.1, -0.05) is 23.7 Å². The molecule has 24 heavy (non-hydrogen) atoms. The Morgan fingerprint density at radius 2 is 2.08 bits per heavy atom. The third-order valence-corrected chi connectivity index (χ3v) is 6.54. The van der Waals surface area contributed by atoms with E-state index in [1.165, 1.54) is 12.8 Å². The van der Waals surface area contributed by atoms with Crippen molar-refractivity contribution in [1.29, 1.82) is 0 Å². The minimum atomic E-state index is 0.172. The van der Waals surface area contributed by atoms with Crippen molar-refractivity contribution in [3.05, 3.63) is 45.8 Å². The monoisotopic (exact) mass is 360 g/mol. The summed E-state index contributed by atoms with van der Waals surface area (Å²) in [7, 11) is 0. The molecule has 2 aliphatic rings. The predicted octanol–water partition coefficient (Wildman–Crippen LogP) is 4.34. The van der Waals surface area contributed by atoms with E-state index in [4.69, 9.17) is 11.6 Å². The molecule has 2 saturated heterocycles. The fraction of sp³-hybridized carbons (Fsp3) is 0.421. The lowest BCUT2D eigenvalue weighted by atomic mass is 10.1. The lowest BCUT2D eigenvalue weighted by Crippen LogP contribution is -2.38. The Hall–Kier alpha value is -1.36. The van der Waals surface area contributed by atoms with Crippen molar-refractivity contribution in [3.8, 4) is 10.4 Å². The molecule has 4 rings (SSSR count). The van der Waals surface area contributed by atoms with Crippen molar-refractivity contribution in [2.75, 3.05) is 13.1 Å². The Bertz CT molecular complexity index is 772. The summed E-state index contributed by atoms with van der Waals surface area (Å²) in [5.41, 5.74) is 2.22. The summed E-state index contributed by atoms with van der Waals surface area (Å²) in [6, 6.07) is 10.9. The zero-order valence-corrected chi connectivity index (χ0v) is 15.3. The van der Waals surface area contributed by atoms with Crippen LogP contribution in [0.4, 0.5) is 0 Å². The van der Waals surface area contributed by atoms with Gasteiger partial charge in [-0.25, -0.2) is 0 Å². The summed E-state index contributed by atoms with van der Waals surface area (Å²) in [4.78, 5) is 17.0. The summed E-state index contributed by atoms with van der Waals surface area (Å²) >= 11 is 7.69. The molecule has 1 amide bonds. The highest BCUT2D eigenvalue weighted by Gasteiger charge is 2.32. The zero-order chi connectivity index (χ0) is 16.7. The van der Waals surface area contributed by atoms with Gasteiger partial charge in [-0.3, -0.25) is 4.79 Å². The lowest BCUT2D eigenvalue weighted by molar-refractivity contribution is 0.0753. The van der Waals surface area contributed by atoms with Crippen LogP contribution in [0.1, 0.15) is 34.5 Å². The average Bonchev–Trinajstić information content (AvgIpc) is 3.09. The van der Waals surface area contributed by atoms with Crippen LogP contribution in [-0.4, -0.2) is 36.0 Å². The maximum absolute atomic E-state index is 13.0. The van der Waals surface area contributed by atoms with Gasteiger partial charge in [-0.2, -0.15) is 0 Å². The van der Waals surface area contributed by atoms with E-state index in [2.05, 4.69) is 12.2 Å². The largest absolute Gasteiger partial charge is 0.336 e. The third-order valence-electron chi connectivity index (χ3n) is 5.03. The van der Waals surface area contributed by atoms with Crippen LogP contribution in [0.3, 0.4) is 0 Å². The molecule has 2 bridgehead atoms. The molecule has 1 N–H and O–H groups in total. The van der Waals surface area contributed by atoms with Crippen molar-refractivity contribution in [3.63, 3.8) is 0 Å². The smallest absolute Gasteiger partial charge is 0.264 e. The summed E-state index contributed by atoms with van der Waals surface area (Å²) in [6.45, 7) is 3.75. The number of halogens is 1. The van der Waals surface area contributed by atoms with E-state index in [1.807, 2.05) is 35.2 Å². The van der Waals surface area contributed by atoms with Crippen LogP contribution in [0.15, 0.2) is 30.3 Å². The van der Waals surface area contributed by atoms with E-state index in [1.54, 1.807) is 11.3 Å². The maximum Gasteiger partial charge on any atom is 0.264 e. The van der Waals surface area contributed by atoms with Gasteiger partial charge in [0.15, 0.2) is 0 Å². The number of fused-ring (bicyclic) bond motifs is 2. The van der Waals surface area contributed by atoms with E-state index in [0.717, 1.165) is 45.4 Å². The topological polar surface area (TPSA) is 32.3 Å². The van der Waals surface area contributed by atoms with Gasteiger partial charge in [0, 0.05) is 35.1 Å². The van der Waals surface area contributed by atoms with Crippen LogP contribution in [0, 0.1) is 6.92 Å². The van der Waals surface area contributed by atoms with Crippen molar-refractivity contribution >= 4 is 28.8 Å². The van der Waals surface area contributed by atoms with Gasteiger partial charge in [0.05, 0.1) is 4.88 Å². The quantitative estimate of drug-likeness (QED) is 0.863. The number of benzene rings is 1. The predicted molar refractivity (Wildman–Crippen MR) is 100.0 cm³/mol. The molecule has 126 valence electrons. The second-order valence-electron chi connectivity index (χ2n) is 6.81. The first-order valence-electron chi connectivity index (χ1n) is 8.52. The standard InChI is InChI=1S/C19H21ClN2OS/c1-12-9-17(24-18(12)13-3-2-4-14(20)10-13)19(23)22-8-7-15-5-6-16(11-22)21-15/h2-4,9-10,15-16,21H,5-8,11H2,1H3. The zero-order valence-electron chi connectivity index (χ0n) is 13.7. The number of hydrogen-bond acceptors (Lipinski definition) is 3. The number of aryl methyl sites for hydroxylation is 1. The number of thiophene rings is 1. The highest BCUT2D eigenvalue weighted by molar-refractivity contribution is 7.17. The van der Waals surface area contributed by atoms with Crippen LogP contribution >= 0.6 is 22.9 Å². The van der Waals surface area contributed by atoms with Crippen LogP contribution < -0.4 is 5.32 Å². The molecule has 5 heteroatoms. The van der Waals surface area contributed by atoms with Gasteiger partial charge in [-0.05, 0) is 55.5 Å². The third kappa shape index (κ3) is 3.10. The lowest BCUT2D eigenvalue weighted by Gasteiger charge is -2.23. The average molecular weight is 361 g/mol. The minimum Gasteiger partial charge on any atom is -0.336 e. The molecule has 2 atom stereocenters. The Balaban J connectivity index is 1.58. The molecule has 2 fully saturated rings. The van der Waals surface area contributed by atoms with E-state index >= 15 is 0 Å². The highest BCUT2D eigenvalue weighted by Crippen LogP contribution is 2.34. The van der Waals surface area contributed by atoms with Crippen LogP contribution in [0.25, 0.3) is 10.4 Å². The van der Waals surface area contributed by atoms with E-state index in [-0.39, 0.29) is 5.91 Å². The maximum atomic E-state index is 13.0. The first kappa shape index (κ1) is 16.1. The van der Waals surface area contributed by atoms with Crippen molar-refractivity contribution in [2.45, 2.75) is 38.3 Å². The van der Waals surface area contributed by atoms with Crippen LogP contribution in [0.5, 0.6) is 0 Å². The first-order chi connectivity index (χ1) is 11.6. The fourth-order valence-corrected chi connectivity index (χ4v) is 5.11. The summed E-state index contributed by atoms with van der Waals surface area (Å²) in [5.74, 6) is 0.172. The van der Waals surface area contributed by atoms with Gasteiger partial charge in [0.2, 0.25) is 0 Å². The van der Waals surface area contributed by atoms with E-state index in [9.17, 15) is 4.79 Å². The Kier molecular flexibility index (Phi) is 4.37. The molecule has 0 aliphatic carbocycles. The number of amides is 1. The normalized spacial score (nSPS) is 23.3. The number of carbonyl (C=O) groups is 1. The number of carbonyl (C=O) groups excluding carboxylic acids is 1. The van der Waals surface area contributed by atoms with Crippen molar-refractivity contribution < 1.29 is 4.79 Å². The Morgan fingerprint density at radius 1 is 1.25 bits per heavy atom. The van der Waals surface area contributed by atoms with E-state index < -0.39 is 0 Å². The van der Waals surface area contributed by atoms with E-state index in [0.29, 0.717) is 12.1 Å². The number of rotatable bonds is 2. The van der Waals surface area contributed by atoms with Gasteiger partial charge in [0.25, 0.3) is 5.91 Å². The van der Waals surface area contributed by atoms with Crippen LogP contribution in [0.2, 0.25) is 5.02 Å². The number of nitrogens with one attached hydrogen (secondary N) is 1. The molecule has 0 spiro atoms. The molecule has 1 aromatic carbocycles. The molecule has 2 aromatic rings. The molecular weight excluding hydrogens is 340 g/mol.